The van der Waals surface area contributed by atoms with Crippen molar-refractivity contribution in [3.8, 4) is 39.1 Å². The third-order valence-electron chi connectivity index (χ3n) is 15.4. The zero-order chi connectivity index (χ0) is 43.5. The molecule has 67 heavy (non-hydrogen) atoms. The Bertz CT molecular complexity index is 4470. The smallest absolute Gasteiger partial charge is 0.0541 e. The van der Waals surface area contributed by atoms with Crippen LogP contribution in [0.4, 0.5) is 0 Å². The molecule has 15 aromatic carbocycles. The Kier molecular flexibility index (Phi) is 6.87. The molecule has 0 aliphatic rings. The van der Waals surface area contributed by atoms with Gasteiger partial charge in [0.25, 0.3) is 0 Å². The zero-order valence-electron chi connectivity index (χ0n) is 36.3. The number of rotatable bonds is 4. The Hall–Kier alpha value is -8.78. The molecule has 0 atom stereocenters. The third kappa shape index (κ3) is 4.82. The summed E-state index contributed by atoms with van der Waals surface area (Å²) in [5.74, 6) is 0. The molecular weight excluding hydrogens is 807 g/mol. The molecule has 1 heteroatoms. The first-order chi connectivity index (χ1) is 33.2. The molecule has 1 nitrogen and oxygen atoms in total. The molecule has 1 aromatic heterocycles. The molecule has 0 fully saturated rings. The van der Waals surface area contributed by atoms with Crippen LogP contribution in [-0.4, -0.2) is 4.57 Å². The maximum atomic E-state index is 2.47. The fraction of sp³-hybridized carbons (Fsp3) is 0. The van der Waals surface area contributed by atoms with Crippen LogP contribution in [0.1, 0.15) is 0 Å². The molecule has 0 bridgehead atoms. The topological polar surface area (TPSA) is 4.93 Å². The summed E-state index contributed by atoms with van der Waals surface area (Å²) >= 11 is 0. The molecule has 0 saturated carbocycles. The number of hydrogen-bond acceptors (Lipinski definition) is 0. The first kappa shape index (κ1) is 35.6. The van der Waals surface area contributed by atoms with Crippen LogP contribution in [0.5, 0.6) is 0 Å². The molecule has 0 unspecified atom stereocenters. The summed E-state index contributed by atoms with van der Waals surface area (Å²) < 4.78 is 2.47. The molecule has 1 heterocycles. The normalized spacial score (nSPS) is 12.5. The second-order valence-corrected chi connectivity index (χ2v) is 18.8. The van der Waals surface area contributed by atoms with Crippen molar-refractivity contribution in [3.05, 3.63) is 224 Å². The van der Waals surface area contributed by atoms with Crippen molar-refractivity contribution in [1.29, 1.82) is 0 Å². The van der Waals surface area contributed by atoms with Crippen LogP contribution in [-0.2, 0) is 0 Å². The minimum Gasteiger partial charge on any atom is -0.309 e. The first-order valence-electron chi connectivity index (χ1n) is 23.4. The highest BCUT2D eigenvalue weighted by Gasteiger charge is 2.20. The predicted octanol–water partition coefficient (Wildman–Crippen LogP) is 18.5. The predicted molar refractivity (Wildman–Crippen MR) is 288 cm³/mol. The Morgan fingerprint density at radius 3 is 0.881 bits per heavy atom. The van der Waals surface area contributed by atoms with E-state index in [2.05, 4.69) is 229 Å². The highest BCUT2D eigenvalue weighted by Crippen LogP contribution is 2.45. The van der Waals surface area contributed by atoms with E-state index in [0.29, 0.717) is 0 Å². The second kappa shape index (κ2) is 12.9. The van der Waals surface area contributed by atoms with Gasteiger partial charge in [0.1, 0.15) is 0 Å². The molecule has 0 radical (unpaired) electrons. The minimum atomic E-state index is 1.15. The van der Waals surface area contributed by atoms with Gasteiger partial charge in [0, 0.05) is 16.5 Å². The van der Waals surface area contributed by atoms with Crippen molar-refractivity contribution in [2.45, 2.75) is 0 Å². The Labute approximate surface area is 385 Å². The number of aromatic nitrogens is 1. The molecular formula is C66H37N. The summed E-state index contributed by atoms with van der Waals surface area (Å²) in [7, 11) is 0. The van der Waals surface area contributed by atoms with Crippen LogP contribution >= 0.6 is 0 Å². The SMILES string of the molecule is c1cc2ccc3ccc(-c4ccc(-n5c6ccc(-c7ccc8ccc9cccc%10ccc7c8c9%10)cc6c6cc(-c7ccc8ccc9cccc%10ccc7c8c9%10)ccc65)cc4)c4ccc(c1)c2c34. The van der Waals surface area contributed by atoms with Crippen LogP contribution < -0.4 is 0 Å². The fourth-order valence-electron chi connectivity index (χ4n) is 12.4. The quantitative estimate of drug-likeness (QED) is 0.156. The lowest BCUT2D eigenvalue weighted by Crippen LogP contribution is -1.94. The van der Waals surface area contributed by atoms with E-state index in [4.69, 9.17) is 0 Å². The number of nitrogens with zero attached hydrogens (tertiary/aromatic N) is 1. The summed E-state index contributed by atoms with van der Waals surface area (Å²) in [5.41, 5.74) is 11.0. The summed E-state index contributed by atoms with van der Waals surface area (Å²) in [4.78, 5) is 0. The van der Waals surface area contributed by atoms with Gasteiger partial charge in [0.05, 0.1) is 11.0 Å². The van der Waals surface area contributed by atoms with E-state index in [-0.39, 0.29) is 0 Å². The van der Waals surface area contributed by atoms with Crippen molar-refractivity contribution in [2.75, 3.05) is 0 Å². The van der Waals surface area contributed by atoms with E-state index in [1.54, 1.807) is 0 Å². The third-order valence-corrected chi connectivity index (χ3v) is 15.4. The highest BCUT2D eigenvalue weighted by molar-refractivity contribution is 6.28. The van der Waals surface area contributed by atoms with Crippen LogP contribution in [0.3, 0.4) is 0 Å². The number of fused-ring (bicyclic) bond motifs is 3. The Balaban J connectivity index is 0.913. The van der Waals surface area contributed by atoms with Gasteiger partial charge >= 0.3 is 0 Å². The molecule has 0 saturated heterocycles. The Morgan fingerprint density at radius 1 is 0.209 bits per heavy atom. The average molecular weight is 844 g/mol. The number of benzene rings is 15. The Morgan fingerprint density at radius 2 is 0.507 bits per heavy atom. The molecule has 16 aromatic rings. The van der Waals surface area contributed by atoms with Crippen molar-refractivity contribution < 1.29 is 0 Å². The maximum Gasteiger partial charge on any atom is 0.0541 e. The summed E-state index contributed by atoms with van der Waals surface area (Å²) in [6.07, 6.45) is 0. The van der Waals surface area contributed by atoms with E-state index in [0.717, 1.165) is 5.69 Å². The van der Waals surface area contributed by atoms with Crippen molar-refractivity contribution >= 4 is 119 Å². The molecule has 306 valence electrons. The van der Waals surface area contributed by atoms with E-state index in [9.17, 15) is 0 Å². The number of hydrogen-bond donors (Lipinski definition) is 0. The molecule has 0 amide bonds. The second-order valence-electron chi connectivity index (χ2n) is 18.8. The van der Waals surface area contributed by atoms with Crippen LogP contribution in [0, 0.1) is 0 Å². The van der Waals surface area contributed by atoms with E-state index in [1.165, 1.54) is 152 Å². The van der Waals surface area contributed by atoms with Crippen LogP contribution in [0.2, 0.25) is 0 Å². The summed E-state index contributed by atoms with van der Waals surface area (Å²) in [6.45, 7) is 0. The monoisotopic (exact) mass is 843 g/mol. The van der Waals surface area contributed by atoms with Crippen LogP contribution in [0.15, 0.2) is 224 Å². The highest BCUT2D eigenvalue weighted by atomic mass is 15.0. The van der Waals surface area contributed by atoms with Gasteiger partial charge in [-0.25, -0.2) is 0 Å². The van der Waals surface area contributed by atoms with Crippen molar-refractivity contribution in [1.82, 2.24) is 4.57 Å². The van der Waals surface area contributed by atoms with Crippen molar-refractivity contribution in [2.24, 2.45) is 0 Å². The standard InChI is InChI=1S/C66H37N/c1-4-39-10-13-45-18-28-51(54-31-21-42(7-1)61(39)64(45)54)38-16-26-50(27-17-38)67-59-34-24-48(52-29-19-46-14-11-40-5-2-8-43-22-32-55(52)65(46)62(40)43)36-57(59)58-37-49(25-35-60(58)67)53-30-20-47-15-12-41-6-3-9-44-23-33-56(53)66(47)63(41)44/h1-37H. The molecule has 0 spiro atoms. The lowest BCUT2D eigenvalue weighted by Gasteiger charge is -2.15. The van der Waals surface area contributed by atoms with Gasteiger partial charge in [-0.1, -0.05) is 188 Å². The first-order valence-corrected chi connectivity index (χ1v) is 23.4. The van der Waals surface area contributed by atoms with Gasteiger partial charge in [0.15, 0.2) is 0 Å². The maximum absolute atomic E-state index is 2.47. The van der Waals surface area contributed by atoms with Gasteiger partial charge in [-0.15, -0.1) is 0 Å². The molecule has 0 aliphatic carbocycles. The summed E-state index contributed by atoms with van der Waals surface area (Å²) in [5, 5.41) is 26.0. The fourth-order valence-corrected chi connectivity index (χ4v) is 12.4. The molecule has 0 N–H and O–H groups in total. The molecule has 0 aliphatic heterocycles. The minimum absolute atomic E-state index is 1.15. The largest absolute Gasteiger partial charge is 0.309 e. The van der Waals surface area contributed by atoms with E-state index in [1.807, 2.05) is 0 Å². The summed E-state index contributed by atoms with van der Waals surface area (Å²) in [6, 6.07) is 84.9. The van der Waals surface area contributed by atoms with Gasteiger partial charge in [-0.2, -0.15) is 0 Å². The average Bonchev–Trinajstić information content (AvgIpc) is 3.71. The van der Waals surface area contributed by atoms with Gasteiger partial charge in [-0.3, -0.25) is 0 Å². The van der Waals surface area contributed by atoms with Gasteiger partial charge in [-0.05, 0) is 167 Å². The van der Waals surface area contributed by atoms with E-state index >= 15 is 0 Å². The lowest BCUT2D eigenvalue weighted by molar-refractivity contribution is 1.18. The molecule has 16 rings (SSSR count). The lowest BCUT2D eigenvalue weighted by atomic mass is 9.89. The van der Waals surface area contributed by atoms with Crippen molar-refractivity contribution in [3.63, 3.8) is 0 Å². The van der Waals surface area contributed by atoms with Gasteiger partial charge < -0.3 is 4.57 Å². The zero-order valence-corrected chi connectivity index (χ0v) is 36.3. The van der Waals surface area contributed by atoms with E-state index < -0.39 is 0 Å². The van der Waals surface area contributed by atoms with Gasteiger partial charge in [0.2, 0.25) is 0 Å². The van der Waals surface area contributed by atoms with Crippen LogP contribution in [0.25, 0.3) is 158 Å².